The number of carbonyl (C=O) groups is 4. The van der Waals surface area contributed by atoms with Crippen molar-refractivity contribution in [2.75, 3.05) is 32.9 Å². The topological polar surface area (TPSA) is 265 Å². The minimum Gasteiger partial charge on any atom is -0.462 e. The number of alkyl carbamates (subject to hydrolysis) is 2. The van der Waals surface area contributed by atoms with Gasteiger partial charge < -0.3 is 54.3 Å². The zero-order chi connectivity index (χ0) is 28.7. The lowest BCUT2D eigenvalue weighted by atomic mass is 10.2. The summed E-state index contributed by atoms with van der Waals surface area (Å²) in [4.78, 5) is 81.2. The Bertz CT molecular complexity index is 834. The predicted molar refractivity (Wildman–Crippen MR) is 123 cm³/mol. The standard InChI is InChI=1S/C18H34N2O15P2/c1-13(21)33-11-15(35-14(2)22)12-34-17(24)19-8-4-3-5-10-32-16(23)20-9-6-7-18(25,36(26,27)28)37(29,30)31/h15,25H,3-12H2,1-2H3,(H,19,24)(H,20,23)(H2,26,27,28)(H2,29,30,31). The van der Waals surface area contributed by atoms with E-state index in [9.17, 15) is 33.4 Å². The molecule has 17 nitrogen and oxygen atoms in total. The van der Waals surface area contributed by atoms with E-state index >= 15 is 0 Å². The third kappa shape index (κ3) is 14.9. The average Bonchev–Trinajstić information content (AvgIpc) is 2.75. The van der Waals surface area contributed by atoms with Gasteiger partial charge in [-0.05, 0) is 25.7 Å². The van der Waals surface area contributed by atoms with Crippen LogP contribution in [0.15, 0.2) is 0 Å². The number of hydrogen-bond donors (Lipinski definition) is 7. The lowest BCUT2D eigenvalue weighted by Crippen LogP contribution is -2.33. The summed E-state index contributed by atoms with van der Waals surface area (Å²) < 4.78 is 41.8. The molecule has 1 unspecified atom stereocenters. The van der Waals surface area contributed by atoms with Crippen LogP contribution in [0.2, 0.25) is 0 Å². The molecule has 0 aromatic rings. The number of nitrogens with one attached hydrogen (secondary N) is 2. The van der Waals surface area contributed by atoms with Gasteiger partial charge in [-0.1, -0.05) is 0 Å². The van der Waals surface area contributed by atoms with Gasteiger partial charge in [-0.2, -0.15) is 0 Å². The minimum absolute atomic E-state index is 0.00535. The van der Waals surface area contributed by atoms with Gasteiger partial charge in [0.05, 0.1) is 6.61 Å². The summed E-state index contributed by atoms with van der Waals surface area (Å²) in [7, 11) is -11.1. The number of hydrogen-bond acceptors (Lipinski definition) is 11. The smallest absolute Gasteiger partial charge is 0.407 e. The van der Waals surface area contributed by atoms with E-state index in [2.05, 4.69) is 10.6 Å². The summed E-state index contributed by atoms with van der Waals surface area (Å²) in [5, 5.41) is 10.9. The second-order valence-electron chi connectivity index (χ2n) is 7.65. The average molecular weight is 580 g/mol. The molecular weight excluding hydrogens is 546 g/mol. The molecule has 0 aliphatic rings. The molecule has 1 atom stereocenters. The maximum atomic E-state index is 11.7. The highest BCUT2D eigenvalue weighted by Crippen LogP contribution is 2.69. The number of esters is 2. The van der Waals surface area contributed by atoms with E-state index in [-0.39, 0.29) is 39.3 Å². The Morgan fingerprint density at radius 2 is 1.27 bits per heavy atom. The fourth-order valence-corrected chi connectivity index (χ4v) is 4.82. The van der Waals surface area contributed by atoms with Gasteiger partial charge in [-0.3, -0.25) is 18.7 Å². The van der Waals surface area contributed by atoms with E-state index in [1.807, 2.05) is 0 Å². The van der Waals surface area contributed by atoms with Gasteiger partial charge >= 0.3 is 39.3 Å². The third-order valence-electron chi connectivity index (χ3n) is 4.42. The van der Waals surface area contributed by atoms with Crippen LogP contribution in [0, 0.1) is 0 Å². The Balaban J connectivity index is 4.00. The van der Waals surface area contributed by atoms with Gasteiger partial charge in [-0.15, -0.1) is 0 Å². The monoisotopic (exact) mass is 580 g/mol. The first-order valence-electron chi connectivity index (χ1n) is 10.9. The molecule has 0 spiro atoms. The molecule has 0 radical (unpaired) electrons. The van der Waals surface area contributed by atoms with Crippen molar-refractivity contribution in [3.8, 4) is 0 Å². The molecule has 0 aromatic carbocycles. The Labute approximate surface area is 212 Å². The number of aliphatic hydroxyl groups is 1. The van der Waals surface area contributed by atoms with Crippen LogP contribution < -0.4 is 10.6 Å². The van der Waals surface area contributed by atoms with E-state index in [0.717, 1.165) is 6.92 Å². The number of rotatable bonds is 17. The quantitative estimate of drug-likeness (QED) is 0.0512. The van der Waals surface area contributed by atoms with Crippen LogP contribution in [0.5, 0.6) is 0 Å². The van der Waals surface area contributed by atoms with Crippen molar-refractivity contribution in [2.24, 2.45) is 0 Å². The fraction of sp³-hybridized carbons (Fsp3) is 0.778. The van der Waals surface area contributed by atoms with E-state index in [1.54, 1.807) is 0 Å². The second kappa shape index (κ2) is 16.6. The van der Waals surface area contributed by atoms with Crippen LogP contribution in [0.25, 0.3) is 0 Å². The van der Waals surface area contributed by atoms with Crippen molar-refractivity contribution >= 4 is 39.3 Å². The lowest BCUT2D eigenvalue weighted by Gasteiger charge is -2.29. The van der Waals surface area contributed by atoms with E-state index in [1.165, 1.54) is 6.92 Å². The summed E-state index contributed by atoms with van der Waals surface area (Å²) in [5.74, 6) is -1.22. The molecule has 0 saturated heterocycles. The molecule has 0 bridgehead atoms. The Morgan fingerprint density at radius 1 is 0.757 bits per heavy atom. The number of carbonyl (C=O) groups excluding carboxylic acids is 4. The molecule has 2 amide bonds. The molecule has 0 rings (SSSR count). The van der Waals surface area contributed by atoms with Crippen molar-refractivity contribution < 1.29 is 71.9 Å². The number of amides is 2. The van der Waals surface area contributed by atoms with Crippen LogP contribution in [0.4, 0.5) is 9.59 Å². The first kappa shape index (κ1) is 34.7. The minimum atomic E-state index is -5.55. The molecule has 37 heavy (non-hydrogen) atoms. The molecule has 0 heterocycles. The van der Waals surface area contributed by atoms with Crippen molar-refractivity contribution in [3.05, 3.63) is 0 Å². The van der Waals surface area contributed by atoms with Gasteiger partial charge in [0.2, 0.25) is 0 Å². The highest BCUT2D eigenvalue weighted by molar-refractivity contribution is 7.72. The van der Waals surface area contributed by atoms with Crippen molar-refractivity contribution in [3.63, 3.8) is 0 Å². The summed E-state index contributed by atoms with van der Waals surface area (Å²) in [6.07, 6.45) is -2.44. The van der Waals surface area contributed by atoms with Crippen molar-refractivity contribution in [1.29, 1.82) is 0 Å². The van der Waals surface area contributed by atoms with Crippen LogP contribution >= 0.6 is 15.2 Å². The van der Waals surface area contributed by atoms with Crippen molar-refractivity contribution in [1.82, 2.24) is 10.6 Å². The number of ether oxygens (including phenoxy) is 4. The molecule has 0 aliphatic heterocycles. The number of unbranched alkanes of at least 4 members (excludes halogenated alkanes) is 2. The summed E-state index contributed by atoms with van der Waals surface area (Å²) in [6, 6.07) is 0. The maximum absolute atomic E-state index is 11.7. The van der Waals surface area contributed by atoms with Gasteiger partial charge in [0.25, 0.3) is 5.08 Å². The molecule has 19 heteroatoms. The maximum Gasteiger partial charge on any atom is 0.407 e. The van der Waals surface area contributed by atoms with Crippen molar-refractivity contribution in [2.45, 2.75) is 57.1 Å². The third-order valence-corrected chi connectivity index (χ3v) is 8.30. The highest BCUT2D eigenvalue weighted by atomic mass is 31.2. The molecule has 0 aliphatic carbocycles. The van der Waals surface area contributed by atoms with Crippen LogP contribution in [0.3, 0.4) is 0 Å². The molecule has 7 N–H and O–H groups in total. The molecule has 216 valence electrons. The molecule has 0 fully saturated rings. The highest BCUT2D eigenvalue weighted by Gasteiger charge is 2.58. The Morgan fingerprint density at radius 3 is 1.78 bits per heavy atom. The second-order valence-corrected chi connectivity index (χ2v) is 11.7. The zero-order valence-corrected chi connectivity index (χ0v) is 22.2. The van der Waals surface area contributed by atoms with Gasteiger partial charge in [-0.25, -0.2) is 9.59 Å². The fourth-order valence-electron chi connectivity index (χ4n) is 2.57. The Kier molecular flexibility index (Phi) is 15.5. The summed E-state index contributed by atoms with van der Waals surface area (Å²) in [6.45, 7) is 1.71. The molecule has 0 saturated carbocycles. The van der Waals surface area contributed by atoms with Gasteiger partial charge in [0.1, 0.15) is 13.2 Å². The summed E-state index contributed by atoms with van der Waals surface area (Å²) >= 11 is 0. The van der Waals surface area contributed by atoms with E-state index in [4.69, 9.17) is 38.5 Å². The Hall–Kier alpha value is -2.26. The van der Waals surface area contributed by atoms with Crippen LogP contribution in [-0.2, 0) is 37.7 Å². The zero-order valence-electron chi connectivity index (χ0n) is 20.4. The molecular formula is C18H34N2O15P2. The predicted octanol–water partition coefficient (Wildman–Crippen LogP) is -0.114. The summed E-state index contributed by atoms with van der Waals surface area (Å²) in [5.41, 5.74) is 0. The van der Waals surface area contributed by atoms with Crippen LogP contribution in [0.1, 0.15) is 46.0 Å². The van der Waals surface area contributed by atoms with Crippen LogP contribution in [-0.4, -0.2) is 92.9 Å². The van der Waals surface area contributed by atoms with E-state index in [0.29, 0.717) is 19.3 Å². The van der Waals surface area contributed by atoms with E-state index < -0.39 is 56.9 Å². The largest absolute Gasteiger partial charge is 0.462 e. The first-order chi connectivity index (χ1) is 17.0. The van der Waals surface area contributed by atoms with Gasteiger partial charge in [0, 0.05) is 33.4 Å². The SMILES string of the molecule is CC(=O)OCC(COC(=O)NCCCCCOC(=O)NCCCC(O)(P(=O)(O)O)P(=O)(O)O)OC(C)=O. The lowest BCUT2D eigenvalue weighted by molar-refractivity contribution is -0.158. The normalized spacial score (nSPS) is 12.7. The van der Waals surface area contributed by atoms with Gasteiger partial charge in [0.15, 0.2) is 6.10 Å². The first-order valence-corrected chi connectivity index (χ1v) is 14.2. The molecule has 0 aromatic heterocycles.